The Labute approximate surface area is 98.6 Å². The van der Waals surface area contributed by atoms with E-state index < -0.39 is 0 Å². The van der Waals surface area contributed by atoms with Crippen LogP contribution in [0.15, 0.2) is 37.5 Å². The zero-order valence-corrected chi connectivity index (χ0v) is 9.89. The van der Waals surface area contributed by atoms with Gasteiger partial charge in [-0.05, 0) is 37.5 Å². The summed E-state index contributed by atoms with van der Waals surface area (Å²) in [5, 5.41) is 10.2. The Hall–Kier alpha value is -0.820. The second kappa shape index (κ2) is 5.01. The van der Waals surface area contributed by atoms with Crippen molar-refractivity contribution < 1.29 is 5.11 Å². The third kappa shape index (κ3) is 1.89. The molecule has 1 heteroatoms. The number of hydrogen-bond acceptors (Lipinski definition) is 1. The van der Waals surface area contributed by atoms with Crippen molar-refractivity contribution in [3.05, 3.63) is 37.5 Å². The lowest BCUT2D eigenvalue weighted by Crippen LogP contribution is -2.19. The Morgan fingerprint density at radius 3 is 1.75 bits per heavy atom. The van der Waals surface area contributed by atoms with Crippen LogP contribution >= 0.6 is 0 Å². The van der Waals surface area contributed by atoms with Crippen LogP contribution in [-0.2, 0) is 0 Å². The maximum Gasteiger partial charge on any atom is 0.0670 e. The fourth-order valence-electron chi connectivity index (χ4n) is 3.54. The monoisotopic (exact) mass is 218 g/mol. The van der Waals surface area contributed by atoms with Gasteiger partial charge in [0.15, 0.2) is 0 Å². The molecule has 2 aliphatic rings. The molecular weight excluding hydrogens is 196 g/mol. The Kier molecular flexibility index (Phi) is 3.65. The minimum absolute atomic E-state index is 0.121. The van der Waals surface area contributed by atoms with Crippen molar-refractivity contribution in [2.75, 3.05) is 0 Å². The molecule has 1 nitrogen and oxygen atoms in total. The van der Waals surface area contributed by atoms with Crippen LogP contribution < -0.4 is 0 Å². The van der Waals surface area contributed by atoms with Crippen molar-refractivity contribution in [1.82, 2.24) is 0 Å². The van der Waals surface area contributed by atoms with E-state index in [4.69, 9.17) is 0 Å². The average Bonchev–Trinajstić information content (AvgIpc) is 2.77. The van der Waals surface area contributed by atoms with Crippen LogP contribution in [-0.4, -0.2) is 11.2 Å². The van der Waals surface area contributed by atoms with Crippen molar-refractivity contribution in [2.45, 2.75) is 31.8 Å². The molecule has 0 amide bonds. The molecule has 2 aliphatic carbocycles. The van der Waals surface area contributed by atoms with Crippen molar-refractivity contribution >= 4 is 0 Å². The molecule has 0 heterocycles. The SMILES string of the molecule is C=CCC[C@@H]1C2C=CC(C2O)[C@@H]1CCC=C. The van der Waals surface area contributed by atoms with Gasteiger partial charge in [0.1, 0.15) is 0 Å². The first-order chi connectivity index (χ1) is 7.79. The van der Waals surface area contributed by atoms with Gasteiger partial charge in [0, 0.05) is 11.8 Å². The molecule has 0 aromatic heterocycles. The fraction of sp³-hybridized carbons (Fsp3) is 0.600. The smallest absolute Gasteiger partial charge is 0.0670 e. The lowest BCUT2D eigenvalue weighted by molar-refractivity contribution is 0.126. The van der Waals surface area contributed by atoms with Crippen molar-refractivity contribution in [1.29, 1.82) is 0 Å². The van der Waals surface area contributed by atoms with Crippen molar-refractivity contribution in [2.24, 2.45) is 23.7 Å². The predicted molar refractivity (Wildman–Crippen MR) is 68.0 cm³/mol. The molecule has 0 radical (unpaired) electrons. The molecule has 1 N–H and O–H groups in total. The zero-order chi connectivity index (χ0) is 11.5. The van der Waals surface area contributed by atoms with Gasteiger partial charge in [-0.2, -0.15) is 0 Å². The second-order valence-electron chi connectivity index (χ2n) is 5.09. The van der Waals surface area contributed by atoms with Crippen LogP contribution in [0.25, 0.3) is 0 Å². The molecule has 5 atom stereocenters. The molecule has 3 unspecified atom stereocenters. The van der Waals surface area contributed by atoms with E-state index in [-0.39, 0.29) is 6.10 Å². The van der Waals surface area contributed by atoms with Gasteiger partial charge < -0.3 is 5.11 Å². The summed E-state index contributed by atoms with van der Waals surface area (Å²) >= 11 is 0. The van der Waals surface area contributed by atoms with E-state index in [1.807, 2.05) is 12.2 Å². The third-order valence-electron chi connectivity index (χ3n) is 4.29. The number of hydrogen-bond donors (Lipinski definition) is 1. The predicted octanol–water partition coefficient (Wildman–Crippen LogP) is 3.33. The van der Waals surface area contributed by atoms with Crippen LogP contribution in [0.5, 0.6) is 0 Å². The summed E-state index contributed by atoms with van der Waals surface area (Å²) in [4.78, 5) is 0. The van der Waals surface area contributed by atoms with Crippen molar-refractivity contribution in [3.63, 3.8) is 0 Å². The van der Waals surface area contributed by atoms with Crippen LogP contribution in [0.1, 0.15) is 25.7 Å². The van der Waals surface area contributed by atoms with Gasteiger partial charge in [0.25, 0.3) is 0 Å². The lowest BCUT2D eigenvalue weighted by Gasteiger charge is -2.26. The Bertz CT molecular complexity index is 264. The second-order valence-corrected chi connectivity index (χ2v) is 5.09. The molecule has 2 rings (SSSR count). The van der Waals surface area contributed by atoms with Gasteiger partial charge in [-0.3, -0.25) is 0 Å². The number of aliphatic hydroxyl groups excluding tert-OH is 1. The molecule has 16 heavy (non-hydrogen) atoms. The van der Waals surface area contributed by atoms with E-state index in [1.165, 1.54) is 12.8 Å². The molecule has 0 spiro atoms. The quantitative estimate of drug-likeness (QED) is 0.678. The summed E-state index contributed by atoms with van der Waals surface area (Å²) in [5.41, 5.74) is 0. The average molecular weight is 218 g/mol. The first-order valence-electron chi connectivity index (χ1n) is 6.37. The molecule has 0 aromatic carbocycles. The molecule has 0 saturated heterocycles. The zero-order valence-electron chi connectivity index (χ0n) is 9.89. The Morgan fingerprint density at radius 2 is 1.38 bits per heavy atom. The van der Waals surface area contributed by atoms with Gasteiger partial charge in [0.2, 0.25) is 0 Å². The van der Waals surface area contributed by atoms with E-state index in [0.29, 0.717) is 23.7 Å². The van der Waals surface area contributed by atoms with E-state index in [0.717, 1.165) is 12.8 Å². The van der Waals surface area contributed by atoms with Gasteiger partial charge >= 0.3 is 0 Å². The van der Waals surface area contributed by atoms with E-state index in [9.17, 15) is 5.11 Å². The number of allylic oxidation sites excluding steroid dienone is 2. The van der Waals surface area contributed by atoms with E-state index in [1.54, 1.807) is 0 Å². The standard InChI is InChI=1S/C15H22O/c1-3-5-7-11-12(8-6-4-2)14-10-9-13(11)15(14)16/h3-4,9-16H,1-2,5-8H2/t11-,12+,13?,14?,15?. The van der Waals surface area contributed by atoms with Gasteiger partial charge in [-0.25, -0.2) is 0 Å². The summed E-state index contributed by atoms with van der Waals surface area (Å²) in [5.74, 6) is 2.12. The van der Waals surface area contributed by atoms with Gasteiger partial charge in [-0.1, -0.05) is 24.3 Å². The fourth-order valence-corrected chi connectivity index (χ4v) is 3.54. The van der Waals surface area contributed by atoms with E-state index in [2.05, 4.69) is 25.3 Å². The first-order valence-corrected chi connectivity index (χ1v) is 6.37. The molecule has 0 aliphatic heterocycles. The summed E-state index contributed by atoms with van der Waals surface area (Å²) in [6.45, 7) is 7.59. The third-order valence-corrected chi connectivity index (χ3v) is 4.29. The van der Waals surface area contributed by atoms with Gasteiger partial charge in [-0.15, -0.1) is 13.2 Å². The summed E-state index contributed by atoms with van der Waals surface area (Å²) in [7, 11) is 0. The number of rotatable bonds is 6. The minimum atomic E-state index is -0.121. The number of fused-ring (bicyclic) bond motifs is 2. The minimum Gasteiger partial charge on any atom is -0.392 e. The topological polar surface area (TPSA) is 20.2 Å². The maximum absolute atomic E-state index is 10.2. The summed E-state index contributed by atoms with van der Waals surface area (Å²) < 4.78 is 0. The van der Waals surface area contributed by atoms with E-state index >= 15 is 0 Å². The Morgan fingerprint density at radius 1 is 0.938 bits per heavy atom. The lowest BCUT2D eigenvalue weighted by atomic mass is 9.78. The largest absolute Gasteiger partial charge is 0.392 e. The molecule has 88 valence electrons. The molecule has 1 saturated carbocycles. The molecule has 2 bridgehead atoms. The highest BCUT2D eigenvalue weighted by Crippen LogP contribution is 2.51. The van der Waals surface area contributed by atoms with Gasteiger partial charge in [0.05, 0.1) is 6.10 Å². The summed E-state index contributed by atoms with van der Waals surface area (Å²) in [6.07, 6.45) is 12.8. The van der Waals surface area contributed by atoms with Crippen LogP contribution in [0.3, 0.4) is 0 Å². The highest BCUT2D eigenvalue weighted by molar-refractivity contribution is 5.18. The molecule has 0 aromatic rings. The summed E-state index contributed by atoms with van der Waals surface area (Å²) in [6, 6.07) is 0. The highest BCUT2D eigenvalue weighted by atomic mass is 16.3. The first kappa shape index (κ1) is 11.7. The number of aliphatic hydroxyl groups is 1. The van der Waals surface area contributed by atoms with Crippen LogP contribution in [0.4, 0.5) is 0 Å². The van der Waals surface area contributed by atoms with Crippen LogP contribution in [0.2, 0.25) is 0 Å². The Balaban J connectivity index is 2.04. The highest BCUT2D eigenvalue weighted by Gasteiger charge is 2.49. The van der Waals surface area contributed by atoms with Crippen molar-refractivity contribution in [3.8, 4) is 0 Å². The molecule has 1 fully saturated rings. The normalized spacial score (nSPS) is 40.2. The maximum atomic E-state index is 10.2. The van der Waals surface area contributed by atoms with Crippen LogP contribution in [0, 0.1) is 23.7 Å². The molecular formula is C15H22O.